The maximum absolute atomic E-state index is 12.0. The van der Waals surface area contributed by atoms with Crippen LogP contribution >= 0.6 is 0 Å². The van der Waals surface area contributed by atoms with E-state index in [1.165, 1.54) is 0 Å². The van der Waals surface area contributed by atoms with Crippen LogP contribution in [0.4, 0.5) is 0 Å². The standard InChI is InChI=1S/C21H28N4O4/c1-28-19-5-3-2-4-16(19)18-12-25(24-23-18)11-10-15-8-9-17(20(13-26)29-15)22-21(27)14-6-7-14/h2-5,12,14-15,17,20,26H,6-11,13H2,1H3,(H,22,27)/t15-,17-,20-/m0/s1. The van der Waals surface area contributed by atoms with E-state index in [0.29, 0.717) is 6.54 Å². The zero-order valence-corrected chi connectivity index (χ0v) is 16.7. The summed E-state index contributed by atoms with van der Waals surface area (Å²) in [6.07, 6.45) is 5.97. The number of benzene rings is 1. The van der Waals surface area contributed by atoms with E-state index in [0.717, 1.165) is 49.1 Å². The predicted octanol–water partition coefficient (Wildman–Crippen LogP) is 1.78. The molecule has 0 radical (unpaired) electrons. The van der Waals surface area contributed by atoms with E-state index in [9.17, 15) is 9.90 Å². The van der Waals surface area contributed by atoms with Crippen LogP contribution in [0.2, 0.25) is 0 Å². The highest BCUT2D eigenvalue weighted by Crippen LogP contribution is 2.30. The van der Waals surface area contributed by atoms with Crippen LogP contribution in [0.5, 0.6) is 5.75 Å². The number of nitrogens with zero attached hydrogens (tertiary/aromatic N) is 3. The number of hydrogen-bond donors (Lipinski definition) is 2. The lowest BCUT2D eigenvalue weighted by Gasteiger charge is -2.36. The van der Waals surface area contributed by atoms with Gasteiger partial charge in [0, 0.05) is 18.0 Å². The fraction of sp³-hybridized carbons (Fsp3) is 0.571. The normalized spacial score (nSPS) is 24.3. The molecule has 8 heteroatoms. The number of aryl methyl sites for hydroxylation is 1. The largest absolute Gasteiger partial charge is 0.496 e. The van der Waals surface area contributed by atoms with Crippen LogP contribution in [0.1, 0.15) is 32.1 Å². The van der Waals surface area contributed by atoms with Gasteiger partial charge in [0.25, 0.3) is 0 Å². The minimum Gasteiger partial charge on any atom is -0.496 e. The van der Waals surface area contributed by atoms with E-state index in [-0.39, 0.29) is 36.7 Å². The third-order valence-corrected chi connectivity index (χ3v) is 5.67. The molecule has 2 aliphatic rings. The van der Waals surface area contributed by atoms with Crippen molar-refractivity contribution in [3.63, 3.8) is 0 Å². The number of carbonyl (C=O) groups excluding carboxylic acids is 1. The highest BCUT2D eigenvalue weighted by molar-refractivity contribution is 5.81. The predicted molar refractivity (Wildman–Crippen MR) is 106 cm³/mol. The number of methoxy groups -OCH3 is 1. The molecule has 29 heavy (non-hydrogen) atoms. The molecular weight excluding hydrogens is 372 g/mol. The van der Waals surface area contributed by atoms with Crippen LogP contribution in [-0.4, -0.2) is 58.0 Å². The molecule has 1 saturated heterocycles. The van der Waals surface area contributed by atoms with E-state index in [4.69, 9.17) is 9.47 Å². The molecule has 1 aliphatic heterocycles. The molecule has 2 heterocycles. The van der Waals surface area contributed by atoms with Crippen LogP contribution < -0.4 is 10.1 Å². The van der Waals surface area contributed by atoms with Gasteiger partial charge in [0.15, 0.2) is 0 Å². The summed E-state index contributed by atoms with van der Waals surface area (Å²) >= 11 is 0. The van der Waals surface area contributed by atoms with Crippen LogP contribution in [0.15, 0.2) is 30.5 Å². The first-order valence-corrected chi connectivity index (χ1v) is 10.3. The van der Waals surface area contributed by atoms with Crippen molar-refractivity contribution in [3.05, 3.63) is 30.5 Å². The number of aliphatic hydroxyl groups is 1. The van der Waals surface area contributed by atoms with E-state index in [1.54, 1.807) is 11.8 Å². The maximum atomic E-state index is 12.0. The molecule has 2 fully saturated rings. The highest BCUT2D eigenvalue weighted by Gasteiger charge is 2.36. The molecule has 1 saturated carbocycles. The molecule has 4 rings (SSSR count). The summed E-state index contributed by atoms with van der Waals surface area (Å²) in [5.74, 6) is 1.03. The minimum absolute atomic E-state index is 0.0279. The highest BCUT2D eigenvalue weighted by atomic mass is 16.5. The first-order valence-electron chi connectivity index (χ1n) is 10.3. The Morgan fingerprint density at radius 1 is 1.31 bits per heavy atom. The van der Waals surface area contributed by atoms with Gasteiger partial charge >= 0.3 is 0 Å². The zero-order chi connectivity index (χ0) is 20.2. The minimum atomic E-state index is -0.351. The summed E-state index contributed by atoms with van der Waals surface area (Å²) in [4.78, 5) is 12.0. The van der Waals surface area contributed by atoms with Gasteiger partial charge in [-0.25, -0.2) is 0 Å². The lowest BCUT2D eigenvalue weighted by molar-refractivity contribution is -0.129. The van der Waals surface area contributed by atoms with E-state index >= 15 is 0 Å². The van der Waals surface area contributed by atoms with E-state index in [1.807, 2.05) is 30.5 Å². The van der Waals surface area contributed by atoms with Crippen LogP contribution in [0.3, 0.4) is 0 Å². The number of hydrogen-bond acceptors (Lipinski definition) is 6. The Balaban J connectivity index is 1.30. The fourth-order valence-corrected chi connectivity index (χ4v) is 3.82. The first-order chi connectivity index (χ1) is 14.2. The molecule has 1 aromatic heterocycles. The van der Waals surface area contributed by atoms with Crippen molar-refractivity contribution >= 4 is 5.91 Å². The average Bonchev–Trinajstić information content (AvgIpc) is 3.51. The first kappa shape index (κ1) is 19.8. The van der Waals surface area contributed by atoms with Gasteiger partial charge in [0.2, 0.25) is 5.91 Å². The summed E-state index contributed by atoms with van der Waals surface area (Å²) in [6.45, 7) is 0.581. The molecule has 3 atom stereocenters. The van der Waals surface area contributed by atoms with Crippen LogP contribution in [0.25, 0.3) is 11.3 Å². The van der Waals surface area contributed by atoms with Crippen molar-refractivity contribution in [1.29, 1.82) is 0 Å². The van der Waals surface area contributed by atoms with Crippen molar-refractivity contribution in [1.82, 2.24) is 20.3 Å². The van der Waals surface area contributed by atoms with Crippen molar-refractivity contribution in [2.75, 3.05) is 13.7 Å². The molecule has 0 spiro atoms. The second-order valence-electron chi connectivity index (χ2n) is 7.80. The average molecular weight is 400 g/mol. The summed E-state index contributed by atoms with van der Waals surface area (Å²) < 4.78 is 13.3. The van der Waals surface area contributed by atoms with Crippen molar-refractivity contribution < 1.29 is 19.4 Å². The van der Waals surface area contributed by atoms with E-state index < -0.39 is 0 Å². The lowest BCUT2D eigenvalue weighted by Crippen LogP contribution is -2.51. The third-order valence-electron chi connectivity index (χ3n) is 5.67. The number of carbonyl (C=O) groups is 1. The molecule has 2 N–H and O–H groups in total. The fourth-order valence-electron chi connectivity index (χ4n) is 3.82. The smallest absolute Gasteiger partial charge is 0.223 e. The van der Waals surface area contributed by atoms with Gasteiger partial charge in [-0.05, 0) is 44.2 Å². The molecule has 2 aromatic rings. The van der Waals surface area contributed by atoms with Gasteiger partial charge in [0.05, 0.1) is 32.1 Å². The van der Waals surface area contributed by atoms with Gasteiger partial charge in [-0.3, -0.25) is 9.48 Å². The van der Waals surface area contributed by atoms with Crippen molar-refractivity contribution in [2.45, 2.75) is 56.9 Å². The zero-order valence-electron chi connectivity index (χ0n) is 16.7. The molecule has 0 bridgehead atoms. The summed E-state index contributed by atoms with van der Waals surface area (Å²) in [5.41, 5.74) is 1.67. The number of amides is 1. The monoisotopic (exact) mass is 400 g/mol. The number of aliphatic hydroxyl groups excluding tert-OH is 1. The molecule has 0 unspecified atom stereocenters. The quantitative estimate of drug-likeness (QED) is 0.701. The van der Waals surface area contributed by atoms with Crippen molar-refractivity contribution in [2.24, 2.45) is 5.92 Å². The Bertz CT molecular complexity index is 836. The summed E-state index contributed by atoms with van der Waals surface area (Å²) in [5, 5.41) is 21.2. The maximum Gasteiger partial charge on any atom is 0.223 e. The van der Waals surface area contributed by atoms with Gasteiger partial charge in [-0.2, -0.15) is 0 Å². The SMILES string of the molecule is COc1ccccc1-c1cn(CC[C@@H]2CC[C@H](NC(=O)C3CC3)[C@H](CO)O2)nn1. The molecule has 8 nitrogen and oxygen atoms in total. The molecule has 1 amide bonds. The second-order valence-corrected chi connectivity index (χ2v) is 7.80. The Morgan fingerprint density at radius 2 is 2.14 bits per heavy atom. The van der Waals surface area contributed by atoms with Gasteiger partial charge < -0.3 is 19.9 Å². The number of aromatic nitrogens is 3. The van der Waals surface area contributed by atoms with Gasteiger partial charge in [-0.15, -0.1) is 5.10 Å². The third kappa shape index (κ3) is 4.76. The second kappa shape index (κ2) is 8.92. The Hall–Kier alpha value is -2.45. The number of ether oxygens (including phenoxy) is 2. The number of para-hydroxylation sites is 1. The Labute approximate surface area is 170 Å². The summed E-state index contributed by atoms with van der Waals surface area (Å²) in [7, 11) is 1.64. The lowest BCUT2D eigenvalue weighted by atomic mass is 9.97. The van der Waals surface area contributed by atoms with Gasteiger partial charge in [-0.1, -0.05) is 17.3 Å². The number of rotatable bonds is 8. The Morgan fingerprint density at radius 3 is 2.90 bits per heavy atom. The van der Waals surface area contributed by atoms with Crippen molar-refractivity contribution in [3.8, 4) is 17.0 Å². The molecular formula is C21H28N4O4. The molecule has 156 valence electrons. The molecule has 1 aliphatic carbocycles. The topological polar surface area (TPSA) is 98.5 Å². The molecule has 1 aromatic carbocycles. The van der Waals surface area contributed by atoms with Gasteiger partial charge in [0.1, 0.15) is 17.5 Å². The van der Waals surface area contributed by atoms with Crippen LogP contribution in [-0.2, 0) is 16.1 Å². The van der Waals surface area contributed by atoms with Crippen LogP contribution in [0, 0.1) is 5.92 Å². The van der Waals surface area contributed by atoms with E-state index in [2.05, 4.69) is 15.6 Å². The summed E-state index contributed by atoms with van der Waals surface area (Å²) in [6, 6.07) is 7.62. The number of nitrogens with one attached hydrogen (secondary N) is 1. The Kier molecular flexibility index (Phi) is 6.10.